The number of aromatic nitrogens is 13. The molecular formula is C86H85BrCl2FN19O3. The summed E-state index contributed by atoms with van der Waals surface area (Å²) in [6.07, 6.45) is 22.8. The topological polar surface area (TPSA) is 316 Å². The fourth-order valence-corrected chi connectivity index (χ4v) is 17.4. The van der Waals surface area contributed by atoms with Crippen LogP contribution >= 0.6 is 39.1 Å². The van der Waals surface area contributed by atoms with E-state index in [1.165, 1.54) is 0 Å². The Morgan fingerprint density at radius 1 is 0.500 bits per heavy atom. The van der Waals surface area contributed by atoms with E-state index < -0.39 is 5.82 Å². The number of nitrogens with one attached hydrogen (secondary N) is 6. The molecule has 0 unspecified atom stereocenters. The highest BCUT2D eigenvalue weighted by Crippen LogP contribution is 2.43. The Balaban J connectivity index is 0.000000127. The number of hydrogen-bond acceptors (Lipinski definition) is 13. The highest BCUT2D eigenvalue weighted by atomic mass is 79.9. The predicted octanol–water partition coefficient (Wildman–Crippen LogP) is 17.4. The lowest BCUT2D eigenvalue weighted by Gasteiger charge is -2.28. The van der Waals surface area contributed by atoms with Gasteiger partial charge in [0.1, 0.15) is 73.7 Å². The number of nitrogen functional groups attached to an aromatic ring is 3. The van der Waals surface area contributed by atoms with Crippen LogP contribution < -0.4 is 33.2 Å². The van der Waals surface area contributed by atoms with E-state index in [-0.39, 0.29) is 58.2 Å². The van der Waals surface area contributed by atoms with Crippen LogP contribution in [0, 0.1) is 23.6 Å². The molecule has 22 nitrogen and oxygen atoms in total. The molecule has 26 heteroatoms. The Morgan fingerprint density at radius 3 is 1.34 bits per heavy atom. The van der Waals surface area contributed by atoms with Crippen LogP contribution in [0.3, 0.4) is 0 Å². The van der Waals surface area contributed by atoms with Crippen molar-refractivity contribution >= 4 is 124 Å². The van der Waals surface area contributed by atoms with Crippen molar-refractivity contribution in [2.24, 2.45) is 17.8 Å². The molecule has 3 fully saturated rings. The Hall–Kier alpha value is -11.5. The first-order valence-electron chi connectivity index (χ1n) is 38.3. The molecule has 3 aliphatic rings. The number of amides is 3. The summed E-state index contributed by atoms with van der Waals surface area (Å²) in [6, 6.07) is 50.0. The minimum Gasteiger partial charge on any atom is -0.382 e. The number of fused-ring (bicyclic) bond motifs is 6. The normalized spacial score (nSPS) is 18.1. The van der Waals surface area contributed by atoms with Gasteiger partial charge in [0.25, 0.3) is 0 Å². The number of nitrogens with zero attached hydrogens (tertiary/aromatic N) is 10. The standard InChI is InChI=1S/C29H29BrN6O.C29H30N6O.C28H26Cl2FN7O/c30-22-6-3-4-19(14-22)15-25(37)33-17-18-8-10-20(11-9-18)29-35-26(27-28(31)32-12-13-36(27)29)24-16-21-5-1-2-7-23(21)34-24;1-18(19-7-3-2-4-8-19)32-29(36)21-13-11-20(12-14-21)28-34-25(26-27(30)31-15-16-35(26)28)24-17-22-9-5-6-10-23(22)33-24;29-25-18(11-19(31)26(30)37-25)13-22(39)34-14-15-5-7-16(8-6-15)28-36-23(24-27(32)33-9-10-38(24)28)21-12-17-3-1-2-4-20(17)35-21/h1-7,12-14,16,18,20,34H,8-11,15,17H2,(H2,31,32)(H,33,37);2-10,15-18,20-21,33H,11-14H2,1H3,(H2,30,31)(H,32,36);1-4,9-12,15-16,35H,5-8,13-14H2,(H2,32,33)(H,34,39)/t;18-,20?,21?;/m.0./s1. The van der Waals surface area contributed by atoms with Gasteiger partial charge in [-0.3, -0.25) is 27.6 Å². The third-order valence-corrected chi connectivity index (χ3v) is 23.6. The average Bonchev–Trinajstić information content (AvgIpc) is 1.61. The van der Waals surface area contributed by atoms with E-state index in [0.29, 0.717) is 53.7 Å². The summed E-state index contributed by atoms with van der Waals surface area (Å²) in [7, 11) is 0. The number of imidazole rings is 3. The average molecular weight is 1600 g/mol. The maximum Gasteiger partial charge on any atom is 0.224 e. The van der Waals surface area contributed by atoms with Crippen molar-refractivity contribution < 1.29 is 18.8 Å². The van der Waals surface area contributed by atoms with Crippen molar-refractivity contribution in [1.82, 2.24) is 79.0 Å². The van der Waals surface area contributed by atoms with Gasteiger partial charge in [0.2, 0.25) is 17.7 Å². The molecule has 3 saturated carbocycles. The molecule has 0 spiro atoms. The number of aromatic amines is 3. The van der Waals surface area contributed by atoms with Crippen molar-refractivity contribution in [3.05, 3.63) is 244 Å². The lowest BCUT2D eigenvalue weighted by atomic mass is 9.81. The number of anilines is 3. The van der Waals surface area contributed by atoms with Crippen LogP contribution in [0.25, 0.3) is 83.4 Å². The fraction of sp³-hybridized carbons (Fsp3) is 0.279. The van der Waals surface area contributed by atoms with Crippen molar-refractivity contribution in [1.29, 1.82) is 0 Å². The minimum atomic E-state index is -0.695. The van der Waals surface area contributed by atoms with E-state index in [1.54, 1.807) is 18.6 Å². The smallest absolute Gasteiger partial charge is 0.224 e. The summed E-state index contributed by atoms with van der Waals surface area (Å²) in [5.74, 6) is 5.38. The molecule has 3 amide bonds. The zero-order chi connectivity index (χ0) is 77.1. The van der Waals surface area contributed by atoms with Crippen LogP contribution in [0.1, 0.15) is 142 Å². The Morgan fingerprint density at radius 2 is 0.911 bits per heavy atom. The summed E-state index contributed by atoms with van der Waals surface area (Å²) in [6.45, 7) is 3.31. The first kappa shape index (κ1) is 74.6. The van der Waals surface area contributed by atoms with Crippen LogP contribution in [-0.2, 0) is 27.2 Å². The highest BCUT2D eigenvalue weighted by Gasteiger charge is 2.34. The Bertz CT molecular complexity index is 5850. The van der Waals surface area contributed by atoms with Crippen LogP contribution in [-0.4, -0.2) is 93.9 Å². The molecule has 0 radical (unpaired) electrons. The van der Waals surface area contributed by atoms with E-state index >= 15 is 0 Å². The van der Waals surface area contributed by atoms with E-state index in [0.717, 1.165) is 206 Å². The van der Waals surface area contributed by atoms with Crippen LogP contribution in [0.5, 0.6) is 0 Å². The van der Waals surface area contributed by atoms with Gasteiger partial charge in [-0.1, -0.05) is 136 Å². The molecular weight excluding hydrogens is 1520 g/mol. The lowest BCUT2D eigenvalue weighted by molar-refractivity contribution is -0.126. The zero-order valence-electron chi connectivity index (χ0n) is 61.7. The van der Waals surface area contributed by atoms with Gasteiger partial charge in [0.15, 0.2) is 11.0 Å². The molecule has 0 saturated heterocycles. The summed E-state index contributed by atoms with van der Waals surface area (Å²) in [4.78, 5) is 80.5. The maximum atomic E-state index is 13.7. The van der Waals surface area contributed by atoms with Gasteiger partial charge in [-0.05, 0) is 162 Å². The van der Waals surface area contributed by atoms with Gasteiger partial charge in [-0.2, -0.15) is 0 Å². The molecule has 10 aromatic heterocycles. The second-order valence-corrected chi connectivity index (χ2v) is 31.4. The molecule has 10 heterocycles. The molecule has 0 aliphatic heterocycles. The summed E-state index contributed by atoms with van der Waals surface area (Å²) >= 11 is 15.1. The molecule has 0 bridgehead atoms. The predicted molar refractivity (Wildman–Crippen MR) is 443 cm³/mol. The molecule has 112 heavy (non-hydrogen) atoms. The number of pyridine rings is 1. The van der Waals surface area contributed by atoms with Crippen molar-refractivity contribution in [3.8, 4) is 34.2 Å². The molecule has 18 rings (SSSR count). The number of para-hydroxylation sites is 3. The quantitative estimate of drug-likeness (QED) is 0.0384. The molecule has 3 aliphatic carbocycles. The maximum absolute atomic E-state index is 13.7. The summed E-state index contributed by atoms with van der Waals surface area (Å²) in [5, 5.41) is 12.4. The summed E-state index contributed by atoms with van der Waals surface area (Å²) in [5.41, 5.74) is 32.4. The van der Waals surface area contributed by atoms with Gasteiger partial charge in [-0.25, -0.2) is 39.3 Å². The number of nitrogens with two attached hydrogens (primary N) is 3. The van der Waals surface area contributed by atoms with Gasteiger partial charge in [0, 0.05) is 117 Å². The second kappa shape index (κ2) is 32.8. The molecule has 1 atom stereocenters. The number of carbonyl (C=O) groups excluding carboxylic acids is 3. The van der Waals surface area contributed by atoms with E-state index in [4.69, 9.17) is 55.4 Å². The van der Waals surface area contributed by atoms with Crippen molar-refractivity contribution in [2.45, 2.75) is 121 Å². The van der Waals surface area contributed by atoms with Gasteiger partial charge in [0.05, 0.1) is 36.0 Å². The summed E-state index contributed by atoms with van der Waals surface area (Å²) < 4.78 is 21.0. The van der Waals surface area contributed by atoms with Crippen LogP contribution in [0.15, 0.2) is 193 Å². The van der Waals surface area contributed by atoms with Gasteiger partial charge < -0.3 is 48.1 Å². The van der Waals surface area contributed by atoms with Gasteiger partial charge >= 0.3 is 0 Å². The monoisotopic (exact) mass is 1600 g/mol. The van der Waals surface area contributed by atoms with Crippen LogP contribution in [0.2, 0.25) is 10.3 Å². The highest BCUT2D eigenvalue weighted by molar-refractivity contribution is 9.10. The molecule has 5 aromatic carbocycles. The third-order valence-electron chi connectivity index (χ3n) is 22.5. The zero-order valence-corrected chi connectivity index (χ0v) is 64.8. The largest absolute Gasteiger partial charge is 0.382 e. The van der Waals surface area contributed by atoms with Crippen molar-refractivity contribution in [2.75, 3.05) is 30.3 Å². The Kier molecular flexibility index (Phi) is 21.9. The first-order valence-corrected chi connectivity index (χ1v) is 39.8. The number of H-pyrrole nitrogens is 3. The molecule has 570 valence electrons. The van der Waals surface area contributed by atoms with Crippen LogP contribution in [0.4, 0.5) is 21.8 Å². The number of halogens is 4. The molecule has 12 N–H and O–H groups in total. The number of benzene rings is 5. The fourth-order valence-electron chi connectivity index (χ4n) is 16.6. The number of rotatable bonds is 17. The second-order valence-electron chi connectivity index (χ2n) is 29.8. The van der Waals surface area contributed by atoms with Crippen molar-refractivity contribution in [3.63, 3.8) is 0 Å². The van der Waals surface area contributed by atoms with E-state index in [1.807, 2.05) is 110 Å². The van der Waals surface area contributed by atoms with E-state index in [9.17, 15) is 18.8 Å². The Labute approximate surface area is 663 Å². The first-order chi connectivity index (χ1) is 54.5. The van der Waals surface area contributed by atoms with Gasteiger partial charge in [-0.15, -0.1) is 0 Å². The number of hydrogen-bond donors (Lipinski definition) is 9. The minimum absolute atomic E-state index is 0.00186. The number of carbonyl (C=O) groups is 3. The SMILES string of the molecule is C[C@H](NC(=O)C1CCC(c2nc(-c3cc4ccccc4[nH]3)c3c(N)nccn23)CC1)c1ccccc1.Nc1nccn2c(C3CCC(CNC(=O)Cc4cc(F)c(Cl)nc4Cl)CC3)nc(-c3cc4ccccc4[nH]3)c12.Nc1nccn2c(C3CCC(CNC(=O)Cc4cccc(Br)c4)CC3)nc(-c3cc4ccccc4[nH]3)c12. The van der Waals surface area contributed by atoms with E-state index in [2.05, 4.69) is 141 Å². The third kappa shape index (κ3) is 16.1. The molecule has 15 aromatic rings. The lowest BCUT2D eigenvalue weighted by Crippen LogP contribution is -2.34.